The summed E-state index contributed by atoms with van der Waals surface area (Å²) in [4.78, 5) is 11.6. The van der Waals surface area contributed by atoms with Crippen LogP contribution in [0.3, 0.4) is 0 Å². The number of hydrogen-bond donors (Lipinski definition) is 1. The van der Waals surface area contributed by atoms with Crippen molar-refractivity contribution in [2.75, 3.05) is 18.5 Å². The van der Waals surface area contributed by atoms with Gasteiger partial charge in [0.2, 0.25) is 5.95 Å². The Morgan fingerprint density at radius 1 is 1.39 bits per heavy atom. The van der Waals surface area contributed by atoms with Gasteiger partial charge in [-0.15, -0.1) is 0 Å². The maximum absolute atomic E-state index is 4.67. The van der Waals surface area contributed by atoms with Crippen LogP contribution in [0.15, 0.2) is 6.07 Å². The average molecular weight is 248 g/mol. The molecule has 2 unspecified atom stereocenters. The van der Waals surface area contributed by atoms with E-state index >= 15 is 0 Å². The second kappa shape index (κ2) is 5.65. The van der Waals surface area contributed by atoms with Crippen molar-refractivity contribution in [2.24, 2.45) is 5.92 Å². The fourth-order valence-electron chi connectivity index (χ4n) is 2.72. The van der Waals surface area contributed by atoms with Gasteiger partial charge < -0.3 is 10.2 Å². The van der Waals surface area contributed by atoms with Gasteiger partial charge in [0.25, 0.3) is 0 Å². The summed E-state index contributed by atoms with van der Waals surface area (Å²) < 4.78 is 0. The minimum atomic E-state index is 0.540. The Balaban J connectivity index is 2.21. The minimum Gasteiger partial charge on any atom is -0.338 e. The summed E-state index contributed by atoms with van der Waals surface area (Å²) in [5, 5.41) is 3.15. The third-order valence-electron chi connectivity index (χ3n) is 3.65. The zero-order valence-corrected chi connectivity index (χ0v) is 11.9. The molecule has 1 aliphatic rings. The molecule has 0 radical (unpaired) electrons. The van der Waals surface area contributed by atoms with Gasteiger partial charge in [-0.25, -0.2) is 9.97 Å². The molecule has 100 valence electrons. The van der Waals surface area contributed by atoms with Gasteiger partial charge in [-0.1, -0.05) is 6.92 Å². The Bertz CT molecular complexity index is 405. The van der Waals surface area contributed by atoms with Gasteiger partial charge in [0.15, 0.2) is 0 Å². The quantitative estimate of drug-likeness (QED) is 0.889. The van der Waals surface area contributed by atoms with E-state index < -0.39 is 0 Å². The van der Waals surface area contributed by atoms with Crippen molar-refractivity contribution >= 4 is 5.95 Å². The van der Waals surface area contributed by atoms with Gasteiger partial charge in [-0.3, -0.25) is 0 Å². The van der Waals surface area contributed by atoms with Crippen LogP contribution in [-0.4, -0.2) is 29.6 Å². The summed E-state index contributed by atoms with van der Waals surface area (Å²) in [6.07, 6.45) is 2.47. The molecule has 0 spiro atoms. The third-order valence-corrected chi connectivity index (χ3v) is 3.65. The third kappa shape index (κ3) is 2.99. The largest absolute Gasteiger partial charge is 0.338 e. The molecule has 1 aromatic rings. The summed E-state index contributed by atoms with van der Waals surface area (Å²) in [5.74, 6) is 1.72. The SMILES string of the molecule is CNCc1cc(C)nc(N2CCC(C)CC2C)n1. The fourth-order valence-corrected chi connectivity index (χ4v) is 2.72. The minimum absolute atomic E-state index is 0.540. The predicted octanol–water partition coefficient (Wildman–Crippen LogP) is 2.13. The van der Waals surface area contributed by atoms with E-state index in [1.54, 1.807) is 0 Å². The highest BCUT2D eigenvalue weighted by molar-refractivity contribution is 5.34. The first kappa shape index (κ1) is 13.3. The molecule has 1 fully saturated rings. The summed E-state index contributed by atoms with van der Waals surface area (Å²) >= 11 is 0. The molecule has 0 bridgehead atoms. The molecule has 0 aliphatic carbocycles. The van der Waals surface area contributed by atoms with Crippen LogP contribution in [0.5, 0.6) is 0 Å². The Hall–Kier alpha value is -1.16. The van der Waals surface area contributed by atoms with Crippen LogP contribution in [0.4, 0.5) is 5.95 Å². The number of hydrogen-bond acceptors (Lipinski definition) is 4. The van der Waals surface area contributed by atoms with Gasteiger partial charge in [0.05, 0.1) is 5.69 Å². The maximum Gasteiger partial charge on any atom is 0.226 e. The summed E-state index contributed by atoms with van der Waals surface area (Å²) in [6.45, 7) is 8.53. The zero-order chi connectivity index (χ0) is 13.1. The van der Waals surface area contributed by atoms with Gasteiger partial charge in [0.1, 0.15) is 0 Å². The van der Waals surface area contributed by atoms with E-state index in [1.807, 2.05) is 14.0 Å². The first-order valence-electron chi connectivity index (χ1n) is 6.86. The lowest BCUT2D eigenvalue weighted by molar-refractivity contribution is 0.373. The van der Waals surface area contributed by atoms with Crippen LogP contribution in [0.25, 0.3) is 0 Å². The van der Waals surface area contributed by atoms with E-state index in [0.29, 0.717) is 6.04 Å². The first-order chi connectivity index (χ1) is 8.60. The second-order valence-electron chi connectivity index (χ2n) is 5.50. The zero-order valence-electron chi connectivity index (χ0n) is 11.9. The molecule has 1 aliphatic heterocycles. The molecule has 4 nitrogen and oxygen atoms in total. The fraction of sp³-hybridized carbons (Fsp3) is 0.714. The van der Waals surface area contributed by atoms with Crippen LogP contribution in [-0.2, 0) is 6.54 Å². The highest BCUT2D eigenvalue weighted by Crippen LogP contribution is 2.25. The van der Waals surface area contributed by atoms with Gasteiger partial charge in [0, 0.05) is 24.8 Å². The number of aryl methyl sites for hydroxylation is 1. The molecule has 1 saturated heterocycles. The smallest absolute Gasteiger partial charge is 0.226 e. The van der Waals surface area contributed by atoms with Crippen molar-refractivity contribution in [3.8, 4) is 0 Å². The Morgan fingerprint density at radius 3 is 2.83 bits per heavy atom. The van der Waals surface area contributed by atoms with Crippen molar-refractivity contribution in [1.82, 2.24) is 15.3 Å². The van der Waals surface area contributed by atoms with Crippen LogP contribution in [0.2, 0.25) is 0 Å². The predicted molar refractivity (Wildman–Crippen MR) is 74.7 cm³/mol. The summed E-state index contributed by atoms with van der Waals surface area (Å²) in [7, 11) is 1.95. The van der Waals surface area contributed by atoms with E-state index in [9.17, 15) is 0 Å². The highest BCUT2D eigenvalue weighted by atomic mass is 15.3. The number of nitrogens with zero attached hydrogens (tertiary/aromatic N) is 3. The molecule has 18 heavy (non-hydrogen) atoms. The average Bonchev–Trinajstić information content (AvgIpc) is 2.28. The van der Waals surface area contributed by atoms with Gasteiger partial charge >= 0.3 is 0 Å². The Kier molecular flexibility index (Phi) is 4.17. The van der Waals surface area contributed by atoms with E-state index in [-0.39, 0.29) is 0 Å². The number of rotatable bonds is 3. The lowest BCUT2D eigenvalue weighted by Gasteiger charge is -2.36. The molecule has 1 N–H and O–H groups in total. The topological polar surface area (TPSA) is 41.1 Å². The number of nitrogens with one attached hydrogen (secondary N) is 1. The second-order valence-corrected chi connectivity index (χ2v) is 5.50. The molecule has 2 heterocycles. The Labute approximate surface area is 110 Å². The van der Waals surface area contributed by atoms with Crippen LogP contribution < -0.4 is 10.2 Å². The van der Waals surface area contributed by atoms with Crippen molar-refractivity contribution in [2.45, 2.75) is 46.2 Å². The van der Waals surface area contributed by atoms with Crippen molar-refractivity contribution in [3.05, 3.63) is 17.5 Å². The lowest BCUT2D eigenvalue weighted by Crippen LogP contribution is -2.41. The Morgan fingerprint density at radius 2 is 2.17 bits per heavy atom. The molecular weight excluding hydrogens is 224 g/mol. The highest BCUT2D eigenvalue weighted by Gasteiger charge is 2.25. The molecular formula is C14H24N4. The van der Waals surface area contributed by atoms with E-state index in [1.165, 1.54) is 12.8 Å². The van der Waals surface area contributed by atoms with Gasteiger partial charge in [-0.2, -0.15) is 0 Å². The maximum atomic E-state index is 4.67. The van der Waals surface area contributed by atoms with Crippen molar-refractivity contribution < 1.29 is 0 Å². The standard InChI is InChI=1S/C14H24N4/c1-10-5-6-18(12(3)7-10)14-16-11(2)8-13(17-14)9-15-4/h8,10,12,15H,5-7,9H2,1-4H3. The molecule has 0 saturated carbocycles. The normalized spacial score (nSPS) is 24.3. The summed E-state index contributed by atoms with van der Waals surface area (Å²) in [5.41, 5.74) is 2.13. The van der Waals surface area contributed by atoms with Crippen LogP contribution >= 0.6 is 0 Å². The lowest BCUT2D eigenvalue weighted by atomic mass is 9.94. The number of piperidine rings is 1. The molecule has 0 amide bonds. The molecule has 1 aromatic heterocycles. The molecule has 4 heteroatoms. The van der Waals surface area contributed by atoms with Crippen LogP contribution in [0, 0.1) is 12.8 Å². The van der Waals surface area contributed by atoms with Gasteiger partial charge in [-0.05, 0) is 45.7 Å². The van der Waals surface area contributed by atoms with Crippen molar-refractivity contribution in [1.29, 1.82) is 0 Å². The van der Waals surface area contributed by atoms with E-state index in [0.717, 1.165) is 36.3 Å². The molecule has 0 aromatic carbocycles. The van der Waals surface area contributed by atoms with Crippen LogP contribution in [0.1, 0.15) is 38.1 Å². The molecule has 2 atom stereocenters. The van der Waals surface area contributed by atoms with E-state index in [4.69, 9.17) is 0 Å². The number of anilines is 1. The van der Waals surface area contributed by atoms with Crippen molar-refractivity contribution in [3.63, 3.8) is 0 Å². The first-order valence-corrected chi connectivity index (χ1v) is 6.86. The number of aromatic nitrogens is 2. The summed E-state index contributed by atoms with van der Waals surface area (Å²) in [6, 6.07) is 2.59. The monoisotopic (exact) mass is 248 g/mol. The van der Waals surface area contributed by atoms with E-state index in [2.05, 4.69) is 40.1 Å². The molecule has 2 rings (SSSR count).